The zero-order valence-electron chi connectivity index (χ0n) is 19.2. The van der Waals surface area contributed by atoms with Gasteiger partial charge in [-0.3, -0.25) is 23.5 Å². The average Bonchev–Trinajstić information content (AvgIpc) is 3.49. The molecule has 0 radical (unpaired) electrons. The van der Waals surface area contributed by atoms with Crippen LogP contribution < -0.4 is 5.56 Å². The second-order valence-electron chi connectivity index (χ2n) is 8.46. The number of carbonyl (C=O) groups excluding carboxylic acids is 1. The molecule has 1 aliphatic rings. The van der Waals surface area contributed by atoms with Crippen molar-refractivity contribution in [3.05, 3.63) is 75.4 Å². The number of amides is 1. The summed E-state index contributed by atoms with van der Waals surface area (Å²) in [6.07, 6.45) is 5.47. The zero-order chi connectivity index (χ0) is 23.7. The number of aromatic nitrogens is 4. The smallest absolute Gasteiger partial charge is 0.258 e. The Morgan fingerprint density at radius 2 is 1.94 bits per heavy atom. The maximum absolute atomic E-state index is 12.9. The van der Waals surface area contributed by atoms with Crippen LogP contribution in [0.4, 0.5) is 0 Å². The predicted octanol–water partition coefficient (Wildman–Crippen LogP) is 3.00. The normalized spacial score (nSPS) is 14.7. The molecule has 0 saturated carbocycles. The lowest BCUT2D eigenvalue weighted by molar-refractivity contribution is -0.130. The maximum Gasteiger partial charge on any atom is 0.258 e. The van der Waals surface area contributed by atoms with Gasteiger partial charge in [-0.2, -0.15) is 0 Å². The van der Waals surface area contributed by atoms with E-state index < -0.39 is 0 Å². The molecular weight excluding hydrogens is 468 g/mol. The van der Waals surface area contributed by atoms with Gasteiger partial charge >= 0.3 is 0 Å². The van der Waals surface area contributed by atoms with Crippen LogP contribution in [0.25, 0.3) is 10.6 Å². The Hall–Kier alpha value is -2.95. The minimum absolute atomic E-state index is 0.0497. The van der Waals surface area contributed by atoms with Gasteiger partial charge in [0.2, 0.25) is 5.91 Å². The van der Waals surface area contributed by atoms with Crippen LogP contribution in [-0.4, -0.2) is 66.6 Å². The molecule has 4 aromatic rings. The molecule has 10 heteroatoms. The van der Waals surface area contributed by atoms with Gasteiger partial charge in [0.1, 0.15) is 0 Å². The number of thioether (sulfide) groups is 1. The number of thiazole rings is 1. The number of benzene rings is 1. The Bertz CT molecular complexity index is 1380. The van der Waals surface area contributed by atoms with E-state index in [1.54, 1.807) is 22.9 Å². The van der Waals surface area contributed by atoms with Crippen LogP contribution in [0, 0.1) is 13.8 Å². The number of nitrogens with zero attached hydrogens (tertiary/aromatic N) is 6. The van der Waals surface area contributed by atoms with Gasteiger partial charge in [0.15, 0.2) is 10.1 Å². The number of piperazine rings is 1. The highest BCUT2D eigenvalue weighted by Gasteiger charge is 2.22. The molecular formula is C24H26N6O2S2. The third-order valence-corrected chi connectivity index (χ3v) is 7.73. The summed E-state index contributed by atoms with van der Waals surface area (Å²) < 4.78 is 3.62. The first-order valence-electron chi connectivity index (χ1n) is 11.2. The van der Waals surface area contributed by atoms with E-state index >= 15 is 0 Å². The van der Waals surface area contributed by atoms with Gasteiger partial charge in [-0.05, 0) is 31.0 Å². The van der Waals surface area contributed by atoms with Crippen molar-refractivity contribution in [2.45, 2.75) is 25.5 Å². The van der Waals surface area contributed by atoms with E-state index in [9.17, 15) is 9.59 Å². The van der Waals surface area contributed by atoms with Crippen molar-refractivity contribution in [1.29, 1.82) is 0 Å². The highest BCUT2D eigenvalue weighted by molar-refractivity contribution is 7.99. The summed E-state index contributed by atoms with van der Waals surface area (Å²) in [5.41, 5.74) is 4.18. The van der Waals surface area contributed by atoms with E-state index in [1.165, 1.54) is 34.2 Å². The summed E-state index contributed by atoms with van der Waals surface area (Å²) in [4.78, 5) is 39.0. The number of fused-ring (bicyclic) bond motifs is 1. The molecule has 1 aliphatic heterocycles. The fraction of sp³-hybridized carbons (Fsp3) is 0.333. The molecule has 1 fully saturated rings. The summed E-state index contributed by atoms with van der Waals surface area (Å²) in [6.45, 7) is 7.64. The minimum Gasteiger partial charge on any atom is -0.339 e. The van der Waals surface area contributed by atoms with Gasteiger partial charge in [-0.25, -0.2) is 9.97 Å². The number of hydrogen-bond acceptors (Lipinski definition) is 7. The average molecular weight is 495 g/mol. The number of imidazole rings is 1. The van der Waals surface area contributed by atoms with Crippen molar-refractivity contribution < 1.29 is 4.79 Å². The van der Waals surface area contributed by atoms with Gasteiger partial charge in [-0.15, -0.1) is 11.3 Å². The summed E-state index contributed by atoms with van der Waals surface area (Å²) in [7, 11) is 0. The number of hydrogen-bond donors (Lipinski definition) is 0. The molecule has 0 bridgehead atoms. The molecule has 4 heterocycles. The quantitative estimate of drug-likeness (QED) is 0.384. The maximum atomic E-state index is 12.9. The first kappa shape index (κ1) is 22.8. The highest BCUT2D eigenvalue weighted by Crippen LogP contribution is 2.24. The zero-order valence-corrected chi connectivity index (χ0v) is 20.8. The third-order valence-electron chi connectivity index (χ3n) is 6.02. The number of aryl methyl sites for hydroxylation is 2. The molecule has 0 N–H and O–H groups in total. The summed E-state index contributed by atoms with van der Waals surface area (Å²) in [5.74, 6) is 0.478. The van der Waals surface area contributed by atoms with Gasteiger partial charge in [0.05, 0.1) is 17.1 Å². The van der Waals surface area contributed by atoms with Gasteiger partial charge in [0, 0.05) is 62.8 Å². The van der Waals surface area contributed by atoms with Crippen molar-refractivity contribution >= 4 is 34.0 Å². The Morgan fingerprint density at radius 1 is 1.12 bits per heavy atom. The Balaban J connectivity index is 1.16. The molecule has 8 nitrogen and oxygen atoms in total. The summed E-state index contributed by atoms with van der Waals surface area (Å²) in [6, 6.07) is 7.95. The molecule has 5 rings (SSSR count). The Kier molecular flexibility index (Phi) is 6.53. The van der Waals surface area contributed by atoms with Crippen molar-refractivity contribution in [2.75, 3.05) is 31.9 Å². The highest BCUT2D eigenvalue weighted by atomic mass is 32.2. The lowest BCUT2D eigenvalue weighted by Gasteiger charge is -2.34. The van der Waals surface area contributed by atoms with E-state index in [1.807, 2.05) is 16.5 Å². The van der Waals surface area contributed by atoms with Crippen molar-refractivity contribution in [3.8, 4) is 5.69 Å². The molecule has 1 amide bonds. The van der Waals surface area contributed by atoms with Gasteiger partial charge in [0.25, 0.3) is 5.56 Å². The van der Waals surface area contributed by atoms with Gasteiger partial charge in [-0.1, -0.05) is 23.9 Å². The van der Waals surface area contributed by atoms with Crippen LogP contribution in [0.1, 0.15) is 16.8 Å². The molecule has 0 unspecified atom stereocenters. The number of rotatable bonds is 6. The minimum atomic E-state index is -0.0497. The van der Waals surface area contributed by atoms with E-state index in [2.05, 4.69) is 51.5 Å². The standard InChI is InChI=1S/C24H26N6O2S2/c1-17-3-4-18(2)20(13-17)29-6-5-25-23(29)34-16-22(32)28-9-7-27(8-10-28)15-19-14-21(31)30-11-12-33-24(30)26-19/h3-6,11-14H,7-10,15-16H2,1-2H3. The largest absolute Gasteiger partial charge is 0.339 e. The van der Waals surface area contributed by atoms with E-state index in [4.69, 9.17) is 0 Å². The Labute approximate surface area is 205 Å². The predicted molar refractivity (Wildman–Crippen MR) is 135 cm³/mol. The molecule has 1 aromatic carbocycles. The van der Waals surface area contributed by atoms with Crippen molar-refractivity contribution in [1.82, 2.24) is 28.7 Å². The molecule has 0 spiro atoms. The van der Waals surface area contributed by atoms with Gasteiger partial charge < -0.3 is 4.90 Å². The van der Waals surface area contributed by atoms with Crippen LogP contribution in [0.2, 0.25) is 0 Å². The monoisotopic (exact) mass is 494 g/mol. The molecule has 176 valence electrons. The van der Waals surface area contributed by atoms with Crippen molar-refractivity contribution in [2.24, 2.45) is 0 Å². The summed E-state index contributed by atoms with van der Waals surface area (Å²) >= 11 is 2.93. The molecule has 3 aromatic heterocycles. The fourth-order valence-electron chi connectivity index (χ4n) is 4.13. The SMILES string of the molecule is Cc1ccc(C)c(-n2ccnc2SCC(=O)N2CCN(Cc3cc(=O)n4ccsc4n3)CC2)c1. The van der Waals surface area contributed by atoms with E-state index in [-0.39, 0.29) is 11.5 Å². The van der Waals surface area contributed by atoms with Crippen LogP contribution in [0.3, 0.4) is 0 Å². The van der Waals surface area contributed by atoms with Crippen LogP contribution in [0.15, 0.2) is 58.2 Å². The first-order valence-corrected chi connectivity index (χ1v) is 13.0. The van der Waals surface area contributed by atoms with Crippen LogP contribution >= 0.6 is 23.1 Å². The third kappa shape index (κ3) is 4.79. The van der Waals surface area contributed by atoms with E-state index in [0.29, 0.717) is 30.3 Å². The molecule has 34 heavy (non-hydrogen) atoms. The van der Waals surface area contributed by atoms with Crippen LogP contribution in [0.5, 0.6) is 0 Å². The fourth-order valence-corrected chi connectivity index (χ4v) is 5.74. The topological polar surface area (TPSA) is 75.7 Å². The summed E-state index contributed by atoms with van der Waals surface area (Å²) in [5, 5.41) is 2.69. The first-order chi connectivity index (χ1) is 16.5. The Morgan fingerprint density at radius 3 is 2.76 bits per heavy atom. The number of carbonyl (C=O) groups is 1. The molecule has 1 saturated heterocycles. The van der Waals surface area contributed by atoms with Crippen LogP contribution in [-0.2, 0) is 11.3 Å². The second-order valence-corrected chi connectivity index (χ2v) is 10.3. The molecule has 0 atom stereocenters. The lowest BCUT2D eigenvalue weighted by Crippen LogP contribution is -2.49. The van der Waals surface area contributed by atoms with Crippen molar-refractivity contribution in [3.63, 3.8) is 0 Å². The second kappa shape index (κ2) is 9.73. The van der Waals surface area contributed by atoms with E-state index in [0.717, 1.165) is 29.6 Å². The molecule has 0 aliphatic carbocycles. The lowest BCUT2D eigenvalue weighted by atomic mass is 10.1.